The van der Waals surface area contributed by atoms with Crippen molar-refractivity contribution in [2.24, 2.45) is 11.8 Å². The number of carbonyl (C=O) groups excluding carboxylic acids is 1. The highest BCUT2D eigenvalue weighted by molar-refractivity contribution is 6.74. The quantitative estimate of drug-likeness (QED) is 0.391. The first-order valence-electron chi connectivity index (χ1n) is 10.5. The van der Waals surface area contributed by atoms with E-state index in [0.29, 0.717) is 18.4 Å². The SMILES string of the molecule is CC(C)(C)OC(=O)C(C)(C)OCC1CCCC(CO[Si](C)(C)C(C)(C)C)C1. The highest BCUT2D eigenvalue weighted by Gasteiger charge is 2.38. The molecule has 0 aromatic carbocycles. The van der Waals surface area contributed by atoms with E-state index in [1.54, 1.807) is 0 Å². The number of esters is 1. The zero-order chi connectivity index (χ0) is 21.1. The van der Waals surface area contributed by atoms with Crippen molar-refractivity contribution in [2.75, 3.05) is 13.2 Å². The minimum Gasteiger partial charge on any atom is -0.458 e. The Bertz CT molecular complexity index is 486. The summed E-state index contributed by atoms with van der Waals surface area (Å²) in [6.07, 6.45) is 4.74. The Morgan fingerprint density at radius 3 is 1.93 bits per heavy atom. The van der Waals surface area contributed by atoms with E-state index in [1.165, 1.54) is 19.3 Å². The van der Waals surface area contributed by atoms with Crippen molar-refractivity contribution in [3.63, 3.8) is 0 Å². The van der Waals surface area contributed by atoms with Gasteiger partial charge in [0.1, 0.15) is 5.60 Å². The highest BCUT2D eigenvalue weighted by Crippen LogP contribution is 2.38. The average Bonchev–Trinajstić information content (AvgIpc) is 2.49. The van der Waals surface area contributed by atoms with Crippen LogP contribution in [0.1, 0.15) is 81.1 Å². The Morgan fingerprint density at radius 1 is 0.926 bits per heavy atom. The Hall–Kier alpha value is -0.393. The van der Waals surface area contributed by atoms with Gasteiger partial charge in [-0.05, 0) is 83.8 Å². The first-order valence-corrected chi connectivity index (χ1v) is 13.5. The monoisotopic (exact) mass is 400 g/mol. The molecule has 2 unspecified atom stereocenters. The van der Waals surface area contributed by atoms with Gasteiger partial charge in [-0.25, -0.2) is 4.79 Å². The zero-order valence-electron chi connectivity index (χ0n) is 19.5. The summed E-state index contributed by atoms with van der Waals surface area (Å²) in [4.78, 5) is 12.4. The van der Waals surface area contributed by atoms with Crippen molar-refractivity contribution in [1.82, 2.24) is 0 Å². The molecule has 2 atom stereocenters. The number of rotatable bonds is 7. The number of ether oxygens (including phenoxy) is 2. The summed E-state index contributed by atoms with van der Waals surface area (Å²) in [6.45, 7) is 22.2. The molecule has 0 aliphatic heterocycles. The molecule has 0 saturated heterocycles. The third-order valence-electron chi connectivity index (χ3n) is 5.95. The molecule has 1 aliphatic rings. The van der Waals surface area contributed by atoms with Gasteiger partial charge in [0.2, 0.25) is 0 Å². The number of carbonyl (C=O) groups is 1. The van der Waals surface area contributed by atoms with Crippen LogP contribution < -0.4 is 0 Å². The summed E-state index contributed by atoms with van der Waals surface area (Å²) in [7, 11) is -1.69. The van der Waals surface area contributed by atoms with Crippen LogP contribution in [0.4, 0.5) is 0 Å². The van der Waals surface area contributed by atoms with Gasteiger partial charge in [0.25, 0.3) is 0 Å². The lowest BCUT2D eigenvalue weighted by Gasteiger charge is -2.39. The number of hydrogen-bond donors (Lipinski definition) is 0. The van der Waals surface area contributed by atoms with Crippen LogP contribution in [0.25, 0.3) is 0 Å². The molecule has 0 bridgehead atoms. The largest absolute Gasteiger partial charge is 0.458 e. The van der Waals surface area contributed by atoms with E-state index in [-0.39, 0.29) is 11.0 Å². The minimum absolute atomic E-state index is 0.252. The van der Waals surface area contributed by atoms with Gasteiger partial charge < -0.3 is 13.9 Å². The van der Waals surface area contributed by atoms with Crippen LogP contribution in [0.2, 0.25) is 18.1 Å². The summed E-state index contributed by atoms with van der Waals surface area (Å²) in [5.41, 5.74) is -1.40. The molecule has 4 nitrogen and oxygen atoms in total. The van der Waals surface area contributed by atoms with Crippen molar-refractivity contribution in [3.05, 3.63) is 0 Å². The van der Waals surface area contributed by atoms with Crippen molar-refractivity contribution < 1.29 is 18.7 Å². The lowest BCUT2D eigenvalue weighted by Crippen LogP contribution is -2.43. The van der Waals surface area contributed by atoms with Gasteiger partial charge in [-0.1, -0.05) is 27.2 Å². The zero-order valence-corrected chi connectivity index (χ0v) is 20.5. The maximum Gasteiger partial charge on any atom is 0.338 e. The lowest BCUT2D eigenvalue weighted by molar-refractivity contribution is -0.181. The Morgan fingerprint density at radius 2 is 1.44 bits per heavy atom. The van der Waals surface area contributed by atoms with Gasteiger partial charge in [-0.2, -0.15) is 0 Å². The van der Waals surface area contributed by atoms with Gasteiger partial charge in [-0.3, -0.25) is 0 Å². The van der Waals surface area contributed by atoms with Crippen LogP contribution in [0.5, 0.6) is 0 Å². The molecule has 0 aromatic heterocycles. The third kappa shape index (κ3) is 8.24. The molecule has 160 valence electrons. The van der Waals surface area contributed by atoms with Crippen LogP contribution >= 0.6 is 0 Å². The second-order valence-electron chi connectivity index (χ2n) is 11.3. The fraction of sp³-hybridized carbons (Fsp3) is 0.955. The smallest absolute Gasteiger partial charge is 0.338 e. The van der Waals surface area contributed by atoms with Gasteiger partial charge in [0, 0.05) is 6.61 Å². The van der Waals surface area contributed by atoms with Gasteiger partial charge in [-0.15, -0.1) is 0 Å². The van der Waals surface area contributed by atoms with Crippen molar-refractivity contribution >= 4 is 14.3 Å². The predicted octanol–water partition coefficient (Wildman–Crippen LogP) is 5.95. The predicted molar refractivity (Wildman–Crippen MR) is 114 cm³/mol. The van der Waals surface area contributed by atoms with E-state index in [9.17, 15) is 4.79 Å². The summed E-state index contributed by atoms with van der Waals surface area (Å²) < 4.78 is 18.0. The summed E-state index contributed by atoms with van der Waals surface area (Å²) >= 11 is 0. The molecule has 0 aromatic rings. The molecule has 0 amide bonds. The third-order valence-corrected chi connectivity index (χ3v) is 10.4. The summed E-state index contributed by atoms with van der Waals surface area (Å²) in [6, 6.07) is 0. The molecule has 0 spiro atoms. The fourth-order valence-electron chi connectivity index (χ4n) is 3.03. The second kappa shape index (κ2) is 8.96. The summed E-state index contributed by atoms with van der Waals surface area (Å²) in [5, 5.41) is 0.252. The van der Waals surface area contributed by atoms with E-state index in [4.69, 9.17) is 13.9 Å². The Balaban J connectivity index is 2.50. The molecule has 0 heterocycles. The van der Waals surface area contributed by atoms with Crippen LogP contribution in [0, 0.1) is 11.8 Å². The van der Waals surface area contributed by atoms with Crippen LogP contribution in [0.15, 0.2) is 0 Å². The van der Waals surface area contributed by atoms with Crippen molar-refractivity contribution in [2.45, 2.75) is 110 Å². The standard InChI is InChI=1S/C22H44O4Si/c1-20(2,3)26-19(23)22(7,8)24-15-17-12-11-13-18(14-17)16-25-27(9,10)21(4,5)6/h17-18H,11-16H2,1-10H3. The molecule has 1 rings (SSSR count). The first-order chi connectivity index (χ1) is 12.0. The summed E-state index contributed by atoms with van der Waals surface area (Å²) in [5.74, 6) is 0.809. The van der Waals surface area contributed by atoms with E-state index in [2.05, 4.69) is 33.9 Å². The van der Waals surface area contributed by atoms with E-state index < -0.39 is 19.5 Å². The van der Waals surface area contributed by atoms with Crippen LogP contribution in [-0.4, -0.2) is 38.7 Å². The molecular formula is C22H44O4Si. The van der Waals surface area contributed by atoms with Crippen molar-refractivity contribution in [1.29, 1.82) is 0 Å². The Labute approximate surface area is 168 Å². The van der Waals surface area contributed by atoms with Gasteiger partial charge in [0.05, 0.1) is 6.61 Å². The van der Waals surface area contributed by atoms with E-state index in [1.807, 2.05) is 34.6 Å². The van der Waals surface area contributed by atoms with Crippen LogP contribution in [-0.2, 0) is 18.7 Å². The maximum atomic E-state index is 12.4. The molecular weight excluding hydrogens is 356 g/mol. The van der Waals surface area contributed by atoms with Crippen LogP contribution in [0.3, 0.4) is 0 Å². The molecule has 0 radical (unpaired) electrons. The Kier molecular flexibility index (Phi) is 8.18. The lowest BCUT2D eigenvalue weighted by atomic mass is 9.82. The van der Waals surface area contributed by atoms with Crippen molar-refractivity contribution in [3.8, 4) is 0 Å². The molecule has 5 heteroatoms. The first kappa shape index (κ1) is 24.6. The van der Waals surface area contributed by atoms with Gasteiger partial charge >= 0.3 is 5.97 Å². The molecule has 27 heavy (non-hydrogen) atoms. The molecule has 1 saturated carbocycles. The number of hydrogen-bond acceptors (Lipinski definition) is 4. The van der Waals surface area contributed by atoms with E-state index in [0.717, 1.165) is 13.0 Å². The highest BCUT2D eigenvalue weighted by atomic mass is 28.4. The normalized spacial score (nSPS) is 22.6. The molecule has 0 N–H and O–H groups in total. The fourth-order valence-corrected chi connectivity index (χ4v) is 4.12. The van der Waals surface area contributed by atoms with E-state index >= 15 is 0 Å². The molecule has 1 aliphatic carbocycles. The van der Waals surface area contributed by atoms with Gasteiger partial charge in [0.15, 0.2) is 13.9 Å². The second-order valence-corrected chi connectivity index (χ2v) is 16.1. The minimum atomic E-state index is -1.69. The maximum absolute atomic E-state index is 12.4. The molecule has 1 fully saturated rings. The topological polar surface area (TPSA) is 44.8 Å². The average molecular weight is 401 g/mol.